The van der Waals surface area contributed by atoms with Crippen molar-refractivity contribution >= 4 is 0 Å². The molecule has 0 N–H and O–H groups in total. The van der Waals surface area contributed by atoms with E-state index in [0.717, 1.165) is 25.0 Å². The second-order valence-electron chi connectivity index (χ2n) is 7.09. The van der Waals surface area contributed by atoms with Gasteiger partial charge in [-0.3, -0.25) is 0 Å². The van der Waals surface area contributed by atoms with Crippen molar-refractivity contribution in [1.82, 2.24) is 0 Å². The van der Waals surface area contributed by atoms with Gasteiger partial charge in [0.2, 0.25) is 0 Å². The molecule has 1 rings (SSSR count). The lowest BCUT2D eigenvalue weighted by atomic mass is 9.82. The lowest BCUT2D eigenvalue weighted by Crippen LogP contribution is -2.27. The molecule has 18 heavy (non-hydrogen) atoms. The molecule has 1 aliphatic rings. The van der Waals surface area contributed by atoms with Crippen LogP contribution in [0.15, 0.2) is 12.3 Å². The molecule has 3 unspecified atom stereocenters. The fraction of sp³-hybridized carbons (Fsp3) is 0.875. The van der Waals surface area contributed by atoms with Crippen LogP contribution in [-0.2, 0) is 4.74 Å². The van der Waals surface area contributed by atoms with Crippen molar-refractivity contribution in [2.24, 2.45) is 11.8 Å². The van der Waals surface area contributed by atoms with Gasteiger partial charge in [-0.15, -0.1) is 0 Å². The van der Waals surface area contributed by atoms with Crippen molar-refractivity contribution < 1.29 is 9.13 Å². The number of hydrogen-bond donors (Lipinski definition) is 0. The van der Waals surface area contributed by atoms with Gasteiger partial charge in [-0.2, -0.15) is 0 Å². The smallest absolute Gasteiger partial charge is 0.108 e. The van der Waals surface area contributed by atoms with E-state index in [2.05, 4.69) is 13.5 Å². The van der Waals surface area contributed by atoms with E-state index in [1.54, 1.807) is 6.92 Å². The summed E-state index contributed by atoms with van der Waals surface area (Å²) in [6, 6.07) is 0. The van der Waals surface area contributed by atoms with Crippen LogP contribution in [0.2, 0.25) is 0 Å². The molecule has 1 aliphatic carbocycles. The van der Waals surface area contributed by atoms with Gasteiger partial charge >= 0.3 is 0 Å². The summed E-state index contributed by atoms with van der Waals surface area (Å²) in [7, 11) is 0. The summed E-state index contributed by atoms with van der Waals surface area (Å²) < 4.78 is 20.1. The van der Waals surface area contributed by atoms with Gasteiger partial charge in [0.15, 0.2) is 0 Å². The summed E-state index contributed by atoms with van der Waals surface area (Å²) in [6.45, 7) is 14.0. The summed E-state index contributed by atoms with van der Waals surface area (Å²) in [5, 5.41) is 0. The zero-order chi connectivity index (χ0) is 14.0. The van der Waals surface area contributed by atoms with E-state index in [9.17, 15) is 4.39 Å². The molecule has 0 aromatic carbocycles. The maximum Gasteiger partial charge on any atom is 0.108 e. The Bertz CT molecular complexity index is 288. The first-order valence-electron chi connectivity index (χ1n) is 7.17. The molecular weight excluding hydrogens is 227 g/mol. The predicted octanol–water partition coefficient (Wildman–Crippen LogP) is 5.26. The van der Waals surface area contributed by atoms with Crippen molar-refractivity contribution in [3.8, 4) is 0 Å². The first-order chi connectivity index (χ1) is 8.11. The third kappa shape index (κ3) is 4.99. The molecular formula is C16H29FO. The van der Waals surface area contributed by atoms with Crippen molar-refractivity contribution in [3.05, 3.63) is 12.3 Å². The molecule has 1 nitrogen and oxygen atoms in total. The van der Waals surface area contributed by atoms with E-state index in [1.165, 1.54) is 0 Å². The van der Waals surface area contributed by atoms with E-state index >= 15 is 0 Å². The van der Waals surface area contributed by atoms with Gasteiger partial charge < -0.3 is 4.74 Å². The quantitative estimate of drug-likeness (QED) is 0.494. The Kier molecular flexibility index (Phi) is 4.85. The summed E-state index contributed by atoms with van der Waals surface area (Å²) in [4.78, 5) is 0. The zero-order valence-electron chi connectivity index (χ0n) is 12.7. The predicted molar refractivity (Wildman–Crippen MR) is 75.2 cm³/mol. The number of rotatable bonds is 3. The van der Waals surface area contributed by atoms with Crippen LogP contribution in [0, 0.1) is 11.8 Å². The Morgan fingerprint density at radius 2 is 2.00 bits per heavy atom. The highest BCUT2D eigenvalue weighted by atomic mass is 19.1. The maximum absolute atomic E-state index is 14.3. The minimum Gasteiger partial charge on any atom is -0.493 e. The van der Waals surface area contributed by atoms with Gasteiger partial charge in [0.25, 0.3) is 0 Å². The number of halogens is 1. The highest BCUT2D eigenvalue weighted by Gasteiger charge is 2.34. The van der Waals surface area contributed by atoms with E-state index in [0.29, 0.717) is 18.8 Å². The first kappa shape index (κ1) is 15.5. The normalized spacial score (nSPS) is 31.6. The van der Waals surface area contributed by atoms with E-state index < -0.39 is 5.67 Å². The van der Waals surface area contributed by atoms with Crippen LogP contribution < -0.4 is 0 Å². The molecule has 0 heterocycles. The SMILES string of the molecule is C=C(OC(C)(C)C)C(C)C1CCCCC(C)(F)C1. The molecule has 2 heteroatoms. The van der Waals surface area contributed by atoms with Crippen LogP contribution in [0.3, 0.4) is 0 Å². The third-order valence-electron chi connectivity index (χ3n) is 3.86. The van der Waals surface area contributed by atoms with E-state index in [1.807, 2.05) is 20.8 Å². The fourth-order valence-electron chi connectivity index (χ4n) is 2.83. The summed E-state index contributed by atoms with van der Waals surface area (Å²) in [5.41, 5.74) is -1.23. The van der Waals surface area contributed by atoms with Gasteiger partial charge in [-0.1, -0.05) is 26.3 Å². The Morgan fingerprint density at radius 3 is 2.56 bits per heavy atom. The Labute approximate surface area is 112 Å². The molecule has 1 saturated carbocycles. The summed E-state index contributed by atoms with van der Waals surface area (Å²) in [5.74, 6) is 1.40. The number of hydrogen-bond acceptors (Lipinski definition) is 1. The van der Waals surface area contributed by atoms with E-state index in [-0.39, 0.29) is 11.5 Å². The lowest BCUT2D eigenvalue weighted by Gasteiger charge is -2.32. The monoisotopic (exact) mass is 256 g/mol. The second-order valence-corrected chi connectivity index (χ2v) is 7.09. The average molecular weight is 256 g/mol. The Morgan fingerprint density at radius 1 is 1.39 bits per heavy atom. The van der Waals surface area contributed by atoms with Gasteiger partial charge in [-0.05, 0) is 52.9 Å². The molecule has 0 aliphatic heterocycles. The van der Waals surface area contributed by atoms with Gasteiger partial charge in [0, 0.05) is 5.92 Å². The maximum atomic E-state index is 14.3. The molecule has 106 valence electrons. The first-order valence-corrected chi connectivity index (χ1v) is 7.17. The molecule has 3 atom stereocenters. The molecule has 0 saturated heterocycles. The van der Waals surface area contributed by atoms with Gasteiger partial charge in [-0.25, -0.2) is 4.39 Å². The van der Waals surface area contributed by atoms with Crippen LogP contribution in [0.25, 0.3) is 0 Å². The van der Waals surface area contributed by atoms with Gasteiger partial charge in [0.05, 0.1) is 5.76 Å². The number of ether oxygens (including phenoxy) is 1. The highest BCUT2D eigenvalue weighted by molar-refractivity contribution is 4.97. The number of allylic oxidation sites excluding steroid dienone is 1. The third-order valence-corrected chi connectivity index (χ3v) is 3.86. The Hall–Kier alpha value is -0.530. The topological polar surface area (TPSA) is 9.23 Å². The summed E-state index contributed by atoms with van der Waals surface area (Å²) in [6.07, 6.45) is 4.55. The average Bonchev–Trinajstić information content (AvgIpc) is 2.35. The van der Waals surface area contributed by atoms with Crippen LogP contribution in [0.1, 0.15) is 66.7 Å². The van der Waals surface area contributed by atoms with Crippen LogP contribution in [0.4, 0.5) is 4.39 Å². The molecule has 0 radical (unpaired) electrons. The van der Waals surface area contributed by atoms with E-state index in [4.69, 9.17) is 4.74 Å². The van der Waals surface area contributed by atoms with Crippen LogP contribution >= 0.6 is 0 Å². The Balaban J connectivity index is 2.64. The number of alkyl halides is 1. The van der Waals surface area contributed by atoms with Crippen LogP contribution in [-0.4, -0.2) is 11.3 Å². The molecule has 0 amide bonds. The second kappa shape index (κ2) is 5.63. The standard InChI is InChI=1S/C16H29FO/c1-12(13(2)18-15(3,4)5)14-9-7-8-10-16(6,17)11-14/h12,14H,2,7-11H2,1,3-6H3. The molecule has 0 bridgehead atoms. The lowest BCUT2D eigenvalue weighted by molar-refractivity contribution is 0.0230. The minimum atomic E-state index is -1.02. The molecule has 1 fully saturated rings. The molecule has 0 aromatic rings. The van der Waals surface area contributed by atoms with Crippen molar-refractivity contribution in [2.75, 3.05) is 0 Å². The highest BCUT2D eigenvalue weighted by Crippen LogP contribution is 2.39. The van der Waals surface area contributed by atoms with Crippen molar-refractivity contribution in [2.45, 2.75) is 78.0 Å². The fourth-order valence-corrected chi connectivity index (χ4v) is 2.83. The molecule has 0 spiro atoms. The zero-order valence-corrected chi connectivity index (χ0v) is 12.7. The largest absolute Gasteiger partial charge is 0.493 e. The minimum absolute atomic E-state index is 0.213. The summed E-state index contributed by atoms with van der Waals surface area (Å²) >= 11 is 0. The molecule has 0 aromatic heterocycles. The van der Waals surface area contributed by atoms with Crippen molar-refractivity contribution in [1.29, 1.82) is 0 Å². The van der Waals surface area contributed by atoms with Crippen molar-refractivity contribution in [3.63, 3.8) is 0 Å². The van der Waals surface area contributed by atoms with Gasteiger partial charge in [0.1, 0.15) is 11.3 Å². The van der Waals surface area contributed by atoms with Crippen LogP contribution in [0.5, 0.6) is 0 Å².